The van der Waals surface area contributed by atoms with Gasteiger partial charge in [0, 0.05) is 23.5 Å². The first-order valence-electron chi connectivity index (χ1n) is 7.98. The summed E-state index contributed by atoms with van der Waals surface area (Å²) >= 11 is 0. The van der Waals surface area contributed by atoms with Gasteiger partial charge in [0.05, 0.1) is 0 Å². The first-order chi connectivity index (χ1) is 13.0. The van der Waals surface area contributed by atoms with E-state index in [-0.39, 0.29) is 18.2 Å². The Morgan fingerprint density at radius 2 is 1.67 bits per heavy atom. The van der Waals surface area contributed by atoms with E-state index in [0.29, 0.717) is 11.3 Å². The number of carbonyl (C=O) groups excluding carboxylic acids is 2. The van der Waals surface area contributed by atoms with Crippen molar-refractivity contribution in [2.24, 2.45) is 0 Å². The highest BCUT2D eigenvalue weighted by Gasteiger charge is 2.09. The third kappa shape index (κ3) is 4.79. The number of hydrogen-bond donors (Lipinski definition) is 2. The summed E-state index contributed by atoms with van der Waals surface area (Å²) < 4.78 is 6.17. The third-order valence-corrected chi connectivity index (χ3v) is 3.58. The minimum Gasteiger partial charge on any atom is -0.425 e. The van der Waals surface area contributed by atoms with Crippen molar-refractivity contribution in [3.8, 4) is 5.75 Å². The Kier molecular flexibility index (Phi) is 5.27. The molecule has 1 aromatic heterocycles. The summed E-state index contributed by atoms with van der Waals surface area (Å²) in [5, 5.41) is 2.73. The Bertz CT molecular complexity index is 1070. The van der Waals surface area contributed by atoms with E-state index in [1.165, 1.54) is 18.3 Å². The number of hydrogen-bond acceptors (Lipinski definition) is 5. The van der Waals surface area contributed by atoms with Gasteiger partial charge in [0.25, 0.3) is 11.5 Å². The van der Waals surface area contributed by atoms with Gasteiger partial charge >= 0.3 is 11.7 Å². The lowest BCUT2D eigenvalue weighted by atomic mass is 10.2. The van der Waals surface area contributed by atoms with E-state index in [1.54, 1.807) is 36.4 Å². The van der Waals surface area contributed by atoms with Crippen LogP contribution in [0.1, 0.15) is 10.4 Å². The highest BCUT2D eigenvalue weighted by molar-refractivity contribution is 6.04. The van der Waals surface area contributed by atoms with Crippen LogP contribution < -0.4 is 21.3 Å². The fourth-order valence-electron chi connectivity index (χ4n) is 2.27. The second kappa shape index (κ2) is 7.96. The van der Waals surface area contributed by atoms with Crippen molar-refractivity contribution in [3.63, 3.8) is 0 Å². The maximum atomic E-state index is 12.1. The molecule has 136 valence electrons. The number of anilines is 1. The van der Waals surface area contributed by atoms with Crippen molar-refractivity contribution in [2.45, 2.75) is 6.54 Å². The summed E-state index contributed by atoms with van der Waals surface area (Å²) in [5.74, 6) is -0.668. The molecular formula is C19H15N3O5. The number of aromatic nitrogens is 2. The average molecular weight is 365 g/mol. The molecule has 0 atom stereocenters. The van der Waals surface area contributed by atoms with Crippen molar-refractivity contribution >= 4 is 17.6 Å². The lowest BCUT2D eigenvalue weighted by Gasteiger charge is -2.08. The number of benzene rings is 2. The van der Waals surface area contributed by atoms with Gasteiger partial charge in [-0.3, -0.25) is 19.1 Å². The largest absolute Gasteiger partial charge is 0.425 e. The second-order valence-electron chi connectivity index (χ2n) is 5.56. The van der Waals surface area contributed by atoms with Crippen molar-refractivity contribution in [2.75, 3.05) is 5.32 Å². The van der Waals surface area contributed by atoms with Gasteiger partial charge in [0.1, 0.15) is 12.3 Å². The quantitative estimate of drug-likeness (QED) is 0.524. The molecule has 3 aromatic rings. The molecule has 0 aliphatic rings. The molecule has 0 bridgehead atoms. The Balaban J connectivity index is 1.60. The van der Waals surface area contributed by atoms with Gasteiger partial charge in [-0.2, -0.15) is 0 Å². The number of amides is 1. The Labute approximate surface area is 153 Å². The molecule has 0 fully saturated rings. The van der Waals surface area contributed by atoms with Crippen LogP contribution in [-0.4, -0.2) is 21.4 Å². The minimum absolute atomic E-state index is 0.252. The maximum Gasteiger partial charge on any atom is 0.331 e. The molecular weight excluding hydrogens is 350 g/mol. The molecule has 0 saturated carbocycles. The van der Waals surface area contributed by atoms with E-state index in [9.17, 15) is 19.2 Å². The first-order valence-corrected chi connectivity index (χ1v) is 7.98. The van der Waals surface area contributed by atoms with Crippen LogP contribution >= 0.6 is 0 Å². The van der Waals surface area contributed by atoms with Crippen LogP contribution in [0.15, 0.2) is 76.4 Å². The number of nitrogens with zero attached hydrogens (tertiary/aromatic N) is 1. The molecule has 0 aliphatic carbocycles. The topological polar surface area (TPSA) is 110 Å². The van der Waals surface area contributed by atoms with Crippen LogP contribution in [0.2, 0.25) is 0 Å². The number of ether oxygens (including phenoxy) is 1. The molecule has 27 heavy (non-hydrogen) atoms. The van der Waals surface area contributed by atoms with Crippen molar-refractivity contribution < 1.29 is 14.3 Å². The molecule has 2 N–H and O–H groups in total. The highest BCUT2D eigenvalue weighted by Crippen LogP contribution is 2.16. The second-order valence-corrected chi connectivity index (χ2v) is 5.56. The van der Waals surface area contributed by atoms with Crippen LogP contribution in [0.5, 0.6) is 5.75 Å². The molecule has 0 unspecified atom stereocenters. The molecule has 2 aromatic carbocycles. The van der Waals surface area contributed by atoms with Gasteiger partial charge in [0.15, 0.2) is 0 Å². The molecule has 3 rings (SSSR count). The summed E-state index contributed by atoms with van der Waals surface area (Å²) in [5.41, 5.74) is -0.170. The van der Waals surface area contributed by atoms with E-state index in [0.717, 1.165) is 10.6 Å². The first kappa shape index (κ1) is 17.9. The summed E-state index contributed by atoms with van der Waals surface area (Å²) in [6.45, 7) is -0.345. The van der Waals surface area contributed by atoms with Crippen LogP contribution in [0.25, 0.3) is 0 Å². The Morgan fingerprint density at radius 1 is 0.963 bits per heavy atom. The van der Waals surface area contributed by atoms with Crippen LogP contribution in [-0.2, 0) is 11.3 Å². The molecule has 1 amide bonds. The van der Waals surface area contributed by atoms with E-state index in [2.05, 4.69) is 10.3 Å². The third-order valence-electron chi connectivity index (χ3n) is 3.58. The molecule has 0 aliphatic heterocycles. The number of nitrogens with one attached hydrogen (secondary N) is 2. The van der Waals surface area contributed by atoms with Gasteiger partial charge in [-0.25, -0.2) is 9.59 Å². The lowest BCUT2D eigenvalue weighted by molar-refractivity contribution is -0.135. The predicted octanol–water partition coefficient (Wildman–Crippen LogP) is 1.39. The van der Waals surface area contributed by atoms with Crippen LogP contribution in [0.3, 0.4) is 0 Å². The number of rotatable bonds is 5. The molecule has 0 saturated heterocycles. The number of aromatic amines is 1. The maximum absolute atomic E-state index is 12.1. The normalized spacial score (nSPS) is 10.2. The number of carbonyl (C=O) groups is 2. The van der Waals surface area contributed by atoms with Crippen LogP contribution in [0, 0.1) is 0 Å². The zero-order chi connectivity index (χ0) is 19.2. The van der Waals surface area contributed by atoms with Gasteiger partial charge in [-0.1, -0.05) is 18.2 Å². The number of esters is 1. The molecule has 0 spiro atoms. The summed E-state index contributed by atoms with van der Waals surface area (Å²) in [7, 11) is 0. The fraction of sp³-hybridized carbons (Fsp3) is 0.0526. The molecule has 0 radical (unpaired) electrons. The lowest BCUT2D eigenvalue weighted by Crippen LogP contribution is -2.32. The van der Waals surface area contributed by atoms with Crippen molar-refractivity contribution in [1.82, 2.24) is 9.55 Å². The van der Waals surface area contributed by atoms with Gasteiger partial charge in [0.2, 0.25) is 0 Å². The fourth-order valence-corrected chi connectivity index (χ4v) is 2.27. The molecule has 1 heterocycles. The monoisotopic (exact) mass is 365 g/mol. The van der Waals surface area contributed by atoms with Crippen LogP contribution in [0.4, 0.5) is 5.69 Å². The van der Waals surface area contributed by atoms with Crippen molar-refractivity contribution in [1.29, 1.82) is 0 Å². The van der Waals surface area contributed by atoms with Gasteiger partial charge < -0.3 is 10.1 Å². The molecule has 8 heteroatoms. The summed E-state index contributed by atoms with van der Waals surface area (Å²) in [6.07, 6.45) is 1.21. The standard InChI is InChI=1S/C19H15N3O5/c23-16-10-11-22(19(26)21-16)12-17(24)27-15-8-6-14(7-9-15)20-18(25)13-4-2-1-3-5-13/h1-11H,12H2,(H,20,25)(H,21,23,26). The zero-order valence-corrected chi connectivity index (χ0v) is 14.0. The summed E-state index contributed by atoms with van der Waals surface area (Å²) in [6, 6.07) is 16.1. The van der Waals surface area contributed by atoms with Gasteiger partial charge in [-0.15, -0.1) is 0 Å². The zero-order valence-electron chi connectivity index (χ0n) is 14.0. The van der Waals surface area contributed by atoms with Gasteiger partial charge in [-0.05, 0) is 36.4 Å². The van der Waals surface area contributed by atoms with E-state index in [4.69, 9.17) is 4.74 Å². The Morgan fingerprint density at radius 3 is 2.33 bits per heavy atom. The SMILES string of the molecule is O=C(Cn1ccc(=O)[nH]c1=O)Oc1ccc(NC(=O)c2ccccc2)cc1. The van der Waals surface area contributed by atoms with E-state index in [1.807, 2.05) is 6.07 Å². The minimum atomic E-state index is -0.696. The highest BCUT2D eigenvalue weighted by atomic mass is 16.5. The smallest absolute Gasteiger partial charge is 0.331 e. The van der Waals surface area contributed by atoms with E-state index < -0.39 is 17.2 Å². The van der Waals surface area contributed by atoms with Crippen molar-refractivity contribution in [3.05, 3.63) is 93.3 Å². The molecule has 8 nitrogen and oxygen atoms in total. The van der Waals surface area contributed by atoms with E-state index >= 15 is 0 Å². The average Bonchev–Trinajstić information content (AvgIpc) is 2.66. The number of H-pyrrole nitrogens is 1. The predicted molar refractivity (Wildman–Crippen MR) is 97.8 cm³/mol. The Hall–Kier alpha value is -3.94. The summed E-state index contributed by atoms with van der Waals surface area (Å²) in [4.78, 5) is 48.6.